The second-order valence-corrected chi connectivity index (χ2v) is 14.9. The summed E-state index contributed by atoms with van der Waals surface area (Å²) in [5, 5.41) is 7.74. The Kier molecular flexibility index (Phi) is 11.4. The van der Waals surface area contributed by atoms with Gasteiger partial charge in [-0.25, -0.2) is 18.6 Å². The van der Waals surface area contributed by atoms with Crippen molar-refractivity contribution in [2.75, 3.05) is 25.6 Å². The van der Waals surface area contributed by atoms with Crippen molar-refractivity contribution in [1.29, 1.82) is 0 Å². The number of allylic oxidation sites excluding steroid dienone is 1. The second-order valence-electron chi connectivity index (χ2n) is 14.9. The van der Waals surface area contributed by atoms with E-state index in [4.69, 9.17) is 14.2 Å². The zero-order valence-corrected chi connectivity index (χ0v) is 30.8. The number of halogens is 8. The van der Waals surface area contributed by atoms with Crippen molar-refractivity contribution >= 4 is 23.6 Å². The van der Waals surface area contributed by atoms with Crippen LogP contribution < -0.4 is 20.7 Å². The molecule has 310 valence electrons. The molecule has 2 bridgehead atoms. The molecule has 0 spiro atoms. The summed E-state index contributed by atoms with van der Waals surface area (Å²) in [6.07, 6.45) is -7.25. The van der Waals surface area contributed by atoms with Crippen LogP contribution in [0.3, 0.4) is 0 Å². The maximum absolute atomic E-state index is 15.4. The van der Waals surface area contributed by atoms with E-state index in [1.54, 1.807) is 0 Å². The largest absolute Gasteiger partial charge is 0.480 e. The number of carbonyl (C=O) groups excluding carboxylic acids is 3. The monoisotopic (exact) mass is 822 g/mol. The number of ether oxygens (including phenoxy) is 3. The molecular weight excluding hydrogens is 784 g/mol. The fourth-order valence-corrected chi connectivity index (χ4v) is 8.16. The van der Waals surface area contributed by atoms with Crippen molar-refractivity contribution in [1.82, 2.24) is 15.6 Å². The van der Waals surface area contributed by atoms with E-state index >= 15 is 4.39 Å². The van der Waals surface area contributed by atoms with Crippen LogP contribution in [0.5, 0.6) is 5.88 Å². The lowest BCUT2D eigenvalue weighted by Crippen LogP contribution is -2.48. The Morgan fingerprint density at radius 1 is 0.879 bits per heavy atom. The third kappa shape index (κ3) is 8.76. The summed E-state index contributed by atoms with van der Waals surface area (Å²) in [5.74, 6) is -5.58. The first-order valence-corrected chi connectivity index (χ1v) is 18.7. The topological polar surface area (TPSA) is 128 Å². The summed E-state index contributed by atoms with van der Waals surface area (Å²) >= 11 is 0. The standard InChI is InChI=1S/C40H38F8N4O6/c1-56-37-28(16-21(18-49-37)26-15-20(4-8-30(26)41)34(40(46,47)48)58-38(55)51-22-10-12-57-13-11-22)35(53)52-33-25-7-6-24(27(25)14-19-2-3-19)32(33)36(54)50-23-5-9-31(42)29(17-23)39(43,44)45/h4-5,8-9,14-19,22,24-25,32-34H,2-3,6-7,10-13H2,1H3,(H,50,54)(H,51,55)(H,52,53)/b27-14-/t24?,25?,32-,33+,34-/m0/s1. The lowest BCUT2D eigenvalue weighted by atomic mass is 9.83. The molecule has 3 N–H and O–H groups in total. The number of hydrogen-bond donors (Lipinski definition) is 3. The van der Waals surface area contributed by atoms with Crippen molar-refractivity contribution in [2.24, 2.45) is 23.7 Å². The minimum absolute atomic E-state index is 0.133. The predicted octanol–water partition coefficient (Wildman–Crippen LogP) is 8.29. The van der Waals surface area contributed by atoms with Crippen molar-refractivity contribution < 1.29 is 63.7 Å². The van der Waals surface area contributed by atoms with Crippen LogP contribution in [0.2, 0.25) is 0 Å². The zero-order valence-electron chi connectivity index (χ0n) is 30.8. The Morgan fingerprint density at radius 3 is 2.26 bits per heavy atom. The van der Waals surface area contributed by atoms with Gasteiger partial charge in [0, 0.05) is 59.8 Å². The van der Waals surface area contributed by atoms with Gasteiger partial charge in [-0.2, -0.15) is 26.3 Å². The highest BCUT2D eigenvalue weighted by Crippen LogP contribution is 2.54. The van der Waals surface area contributed by atoms with Crippen LogP contribution >= 0.6 is 0 Å². The first kappa shape index (κ1) is 40.9. The SMILES string of the molecule is COc1ncc(-c2cc([C@H](OC(=O)NC3CCOCC3)C(F)(F)F)ccc2F)cc1C(=O)N[C@@H]1C2CCC(/C2=C/C2CC2)[C@@H]1C(=O)Nc1ccc(F)c(C(F)(F)F)c1. The maximum atomic E-state index is 15.4. The molecule has 1 aromatic heterocycles. The van der Waals surface area contributed by atoms with E-state index in [1.165, 1.54) is 7.11 Å². The molecule has 3 aromatic rings. The van der Waals surface area contributed by atoms with Crippen LogP contribution in [0.25, 0.3) is 11.1 Å². The fourth-order valence-electron chi connectivity index (χ4n) is 8.16. The summed E-state index contributed by atoms with van der Waals surface area (Å²) in [6.45, 7) is 0.626. The number of nitrogens with one attached hydrogen (secondary N) is 3. The summed E-state index contributed by atoms with van der Waals surface area (Å²) in [5.41, 5.74) is -2.31. The second kappa shape index (κ2) is 16.2. The van der Waals surface area contributed by atoms with E-state index in [0.717, 1.165) is 54.9 Å². The number of benzene rings is 2. The minimum Gasteiger partial charge on any atom is -0.480 e. The summed E-state index contributed by atoms with van der Waals surface area (Å²) in [6, 6.07) is 4.36. The van der Waals surface area contributed by atoms with Gasteiger partial charge in [0.25, 0.3) is 5.91 Å². The third-order valence-electron chi connectivity index (χ3n) is 11.0. The van der Waals surface area contributed by atoms with Gasteiger partial charge in [0.05, 0.1) is 18.6 Å². The van der Waals surface area contributed by atoms with Crippen molar-refractivity contribution in [3.05, 3.63) is 88.6 Å². The van der Waals surface area contributed by atoms with Crippen molar-refractivity contribution in [3.8, 4) is 17.0 Å². The van der Waals surface area contributed by atoms with Gasteiger partial charge in [-0.05, 0) is 86.8 Å². The van der Waals surface area contributed by atoms with E-state index < -0.39 is 82.7 Å². The molecule has 5 atom stereocenters. The third-order valence-corrected chi connectivity index (χ3v) is 11.0. The number of methoxy groups -OCH3 is 1. The van der Waals surface area contributed by atoms with Crippen molar-refractivity contribution in [2.45, 2.75) is 69.1 Å². The number of rotatable bonds is 10. The number of alkyl carbamates (subject to hydrolysis) is 1. The number of pyridine rings is 1. The number of anilines is 1. The van der Waals surface area contributed by atoms with E-state index in [9.17, 15) is 45.1 Å². The van der Waals surface area contributed by atoms with E-state index in [2.05, 4.69) is 27.0 Å². The molecule has 1 saturated heterocycles. The Morgan fingerprint density at radius 2 is 1.59 bits per heavy atom. The van der Waals surface area contributed by atoms with Crippen molar-refractivity contribution in [3.63, 3.8) is 0 Å². The first-order valence-electron chi connectivity index (χ1n) is 18.7. The molecule has 10 nitrogen and oxygen atoms in total. The molecule has 3 amide bonds. The van der Waals surface area contributed by atoms with E-state index in [-0.39, 0.29) is 40.4 Å². The summed E-state index contributed by atoms with van der Waals surface area (Å²) < 4.78 is 128. The molecule has 7 rings (SSSR count). The highest BCUT2D eigenvalue weighted by molar-refractivity contribution is 5.99. The zero-order chi connectivity index (χ0) is 41.5. The Bertz CT molecular complexity index is 2100. The number of amides is 3. The number of carbonyl (C=O) groups is 3. The predicted molar refractivity (Wildman–Crippen MR) is 190 cm³/mol. The molecule has 0 radical (unpaired) electrons. The van der Waals surface area contributed by atoms with Gasteiger partial charge in [0.2, 0.25) is 17.9 Å². The van der Waals surface area contributed by atoms with Gasteiger partial charge >= 0.3 is 18.4 Å². The minimum atomic E-state index is -5.10. The van der Waals surface area contributed by atoms with Crippen LogP contribution in [0.1, 0.15) is 66.1 Å². The lowest BCUT2D eigenvalue weighted by Gasteiger charge is -2.30. The highest BCUT2D eigenvalue weighted by Gasteiger charge is 2.55. The van der Waals surface area contributed by atoms with Gasteiger partial charge in [0.1, 0.15) is 17.2 Å². The van der Waals surface area contributed by atoms with Gasteiger partial charge in [-0.3, -0.25) is 9.59 Å². The molecule has 2 aromatic carbocycles. The summed E-state index contributed by atoms with van der Waals surface area (Å²) in [7, 11) is 1.21. The molecule has 1 aliphatic heterocycles. The first-order chi connectivity index (χ1) is 27.5. The van der Waals surface area contributed by atoms with Gasteiger partial charge < -0.3 is 30.2 Å². The number of alkyl halides is 6. The van der Waals surface area contributed by atoms with Crippen LogP contribution in [0.4, 0.5) is 45.6 Å². The number of hydrogen-bond acceptors (Lipinski definition) is 7. The number of nitrogens with zero attached hydrogens (tertiary/aromatic N) is 1. The summed E-state index contributed by atoms with van der Waals surface area (Å²) in [4.78, 5) is 44.6. The van der Waals surface area contributed by atoms with Crippen LogP contribution in [-0.4, -0.2) is 61.5 Å². The van der Waals surface area contributed by atoms with Crippen LogP contribution in [-0.2, 0) is 20.4 Å². The molecule has 3 aliphatic carbocycles. The van der Waals surface area contributed by atoms with Gasteiger partial charge in [-0.15, -0.1) is 0 Å². The van der Waals surface area contributed by atoms with Crippen LogP contribution in [0.15, 0.2) is 60.3 Å². The normalized spacial score (nSPS) is 23.4. The van der Waals surface area contributed by atoms with Gasteiger partial charge in [0.15, 0.2) is 0 Å². The van der Waals surface area contributed by atoms with Crippen LogP contribution in [0, 0.1) is 35.3 Å². The maximum Gasteiger partial charge on any atom is 0.429 e. The molecule has 18 heteroatoms. The molecule has 3 saturated carbocycles. The lowest BCUT2D eigenvalue weighted by molar-refractivity contribution is -0.206. The molecule has 2 heterocycles. The average molecular weight is 823 g/mol. The number of aromatic nitrogens is 1. The van der Waals surface area contributed by atoms with Gasteiger partial charge in [-0.1, -0.05) is 17.7 Å². The average Bonchev–Trinajstić information content (AvgIpc) is 3.85. The molecule has 4 aliphatic rings. The molecule has 58 heavy (non-hydrogen) atoms. The van der Waals surface area contributed by atoms with E-state index in [1.807, 2.05) is 0 Å². The highest BCUT2D eigenvalue weighted by atomic mass is 19.4. The Labute approximate surface area is 326 Å². The smallest absolute Gasteiger partial charge is 0.429 e. The fraction of sp³-hybridized carbons (Fsp3) is 0.450. The quantitative estimate of drug-likeness (QED) is 0.139. The van der Waals surface area contributed by atoms with E-state index in [0.29, 0.717) is 51.0 Å². The molecule has 2 unspecified atom stereocenters. The number of fused-ring (bicyclic) bond motifs is 2. The Balaban J connectivity index is 1.16. The Hall–Kier alpha value is -5.26. The molecule has 4 fully saturated rings. The molecular formula is C40H38F8N4O6.